The second-order valence-electron chi connectivity index (χ2n) is 7.59. The lowest BCUT2D eigenvalue weighted by atomic mass is 9.98. The molecular weight excluding hydrogens is 408 g/mol. The summed E-state index contributed by atoms with van der Waals surface area (Å²) in [4.78, 5) is 12.3. The molecule has 32 heavy (non-hydrogen) atoms. The first-order valence-corrected chi connectivity index (χ1v) is 10.3. The Morgan fingerprint density at radius 2 is 1.56 bits per heavy atom. The number of aliphatic hydroxyl groups is 2. The number of ether oxygens (including phenoxy) is 1. The average Bonchev–Trinajstić information content (AvgIpc) is 3.15. The van der Waals surface area contributed by atoms with Gasteiger partial charge in [0.15, 0.2) is 0 Å². The lowest BCUT2D eigenvalue weighted by Gasteiger charge is -2.20. The van der Waals surface area contributed by atoms with Gasteiger partial charge in [-0.25, -0.2) is 4.79 Å². The van der Waals surface area contributed by atoms with Crippen LogP contribution in [0.2, 0.25) is 0 Å². The van der Waals surface area contributed by atoms with E-state index in [0.717, 1.165) is 22.3 Å². The van der Waals surface area contributed by atoms with Crippen LogP contribution in [0.3, 0.4) is 0 Å². The molecule has 1 amide bonds. The van der Waals surface area contributed by atoms with Crippen LogP contribution in [0, 0.1) is 0 Å². The van der Waals surface area contributed by atoms with E-state index in [2.05, 4.69) is 22.6 Å². The van der Waals surface area contributed by atoms with Crippen molar-refractivity contribution in [1.29, 1.82) is 0 Å². The zero-order chi connectivity index (χ0) is 22.5. The lowest BCUT2D eigenvalue weighted by Crippen LogP contribution is -2.36. The predicted octanol–water partition coefficient (Wildman–Crippen LogP) is 3.43. The van der Waals surface area contributed by atoms with Gasteiger partial charge in [0, 0.05) is 18.0 Å². The van der Waals surface area contributed by atoms with Crippen molar-refractivity contribution in [2.45, 2.75) is 18.1 Å². The molecule has 4 rings (SSSR count). The van der Waals surface area contributed by atoms with Crippen LogP contribution in [0.15, 0.2) is 78.0 Å². The first-order valence-electron chi connectivity index (χ1n) is 10.3. The summed E-state index contributed by atoms with van der Waals surface area (Å²) in [6.07, 6.45) is -2.06. The SMILES string of the molecule is O=C(NCC(O)C(O)c1ccccc1C=NO)OCC1c2ccccc2-c2ccccc21. The van der Waals surface area contributed by atoms with Crippen molar-refractivity contribution < 1.29 is 25.0 Å². The fourth-order valence-electron chi connectivity index (χ4n) is 4.12. The van der Waals surface area contributed by atoms with E-state index < -0.39 is 18.3 Å². The number of aliphatic hydroxyl groups excluding tert-OH is 2. The Morgan fingerprint density at radius 3 is 2.22 bits per heavy atom. The number of rotatable bonds is 7. The van der Waals surface area contributed by atoms with Crippen molar-refractivity contribution in [3.8, 4) is 11.1 Å². The van der Waals surface area contributed by atoms with E-state index >= 15 is 0 Å². The molecule has 0 spiro atoms. The molecule has 2 unspecified atom stereocenters. The van der Waals surface area contributed by atoms with E-state index in [1.54, 1.807) is 24.3 Å². The van der Waals surface area contributed by atoms with Gasteiger partial charge in [-0.3, -0.25) is 0 Å². The van der Waals surface area contributed by atoms with Gasteiger partial charge < -0.3 is 25.5 Å². The molecule has 1 aliphatic carbocycles. The summed E-state index contributed by atoms with van der Waals surface area (Å²) in [5.74, 6) is -0.0618. The van der Waals surface area contributed by atoms with Gasteiger partial charge in [0.05, 0.1) is 6.21 Å². The van der Waals surface area contributed by atoms with Crippen LogP contribution in [0.25, 0.3) is 11.1 Å². The number of hydrogen-bond acceptors (Lipinski definition) is 6. The molecule has 0 saturated carbocycles. The van der Waals surface area contributed by atoms with Crippen molar-refractivity contribution in [1.82, 2.24) is 5.32 Å². The maximum atomic E-state index is 12.3. The number of benzene rings is 3. The lowest BCUT2D eigenvalue weighted by molar-refractivity contribution is 0.0185. The van der Waals surface area contributed by atoms with E-state index in [1.165, 1.54) is 6.21 Å². The highest BCUT2D eigenvalue weighted by atomic mass is 16.5. The van der Waals surface area contributed by atoms with Gasteiger partial charge in [0.1, 0.15) is 18.8 Å². The van der Waals surface area contributed by atoms with Gasteiger partial charge in [0.25, 0.3) is 0 Å². The molecule has 7 heteroatoms. The molecule has 2 atom stereocenters. The van der Waals surface area contributed by atoms with E-state index in [4.69, 9.17) is 9.94 Å². The molecule has 0 radical (unpaired) electrons. The monoisotopic (exact) mass is 432 g/mol. The Labute approximate surface area is 185 Å². The summed E-state index contributed by atoms with van der Waals surface area (Å²) in [6.45, 7) is -0.0449. The Balaban J connectivity index is 1.35. The van der Waals surface area contributed by atoms with Crippen LogP contribution in [-0.2, 0) is 4.74 Å². The summed E-state index contributed by atoms with van der Waals surface area (Å²) in [5, 5.41) is 35.0. The standard InChI is InChI=1S/C25H24N2O5/c28-23(24(29)17-8-2-1-7-16(17)13-27-31)14-26-25(30)32-15-22-20-11-5-3-9-18(20)19-10-4-6-12-21(19)22/h1-13,22-24,28-29,31H,14-15H2,(H,26,30). The minimum Gasteiger partial charge on any atom is -0.449 e. The first-order chi connectivity index (χ1) is 15.6. The zero-order valence-electron chi connectivity index (χ0n) is 17.3. The highest BCUT2D eigenvalue weighted by Gasteiger charge is 2.29. The van der Waals surface area contributed by atoms with E-state index in [1.807, 2.05) is 36.4 Å². The Morgan fingerprint density at radius 1 is 0.969 bits per heavy atom. The van der Waals surface area contributed by atoms with Crippen LogP contribution in [0.4, 0.5) is 4.79 Å². The van der Waals surface area contributed by atoms with Crippen LogP contribution in [0.5, 0.6) is 0 Å². The number of nitrogens with zero attached hydrogens (tertiary/aromatic N) is 1. The highest BCUT2D eigenvalue weighted by Crippen LogP contribution is 2.44. The molecule has 1 aliphatic rings. The quantitative estimate of drug-likeness (QED) is 0.260. The summed E-state index contributed by atoms with van der Waals surface area (Å²) in [5.41, 5.74) is 5.34. The first kappa shape index (κ1) is 21.5. The van der Waals surface area contributed by atoms with Gasteiger partial charge in [-0.05, 0) is 27.8 Å². The second kappa shape index (κ2) is 9.64. The molecule has 3 aromatic rings. The van der Waals surface area contributed by atoms with E-state index in [-0.39, 0.29) is 19.1 Å². The third kappa shape index (κ3) is 4.34. The molecule has 0 aliphatic heterocycles. The Bertz CT molecular complexity index is 1090. The second-order valence-corrected chi connectivity index (χ2v) is 7.59. The summed E-state index contributed by atoms with van der Waals surface area (Å²) in [6, 6.07) is 22.8. The molecule has 0 heterocycles. The smallest absolute Gasteiger partial charge is 0.407 e. The number of amides is 1. The third-order valence-corrected chi connectivity index (χ3v) is 5.68. The number of fused-ring (bicyclic) bond motifs is 3. The minimum absolute atomic E-state index is 0.0618. The molecule has 0 bridgehead atoms. The van der Waals surface area contributed by atoms with Crippen LogP contribution < -0.4 is 5.32 Å². The minimum atomic E-state index is -1.28. The fraction of sp³-hybridized carbons (Fsp3) is 0.200. The van der Waals surface area contributed by atoms with Crippen LogP contribution in [-0.4, -0.2) is 47.0 Å². The van der Waals surface area contributed by atoms with Crippen molar-refractivity contribution in [2.75, 3.05) is 13.2 Å². The Hall–Kier alpha value is -3.68. The number of oxime groups is 1. The van der Waals surface area contributed by atoms with Crippen LogP contribution in [0.1, 0.15) is 34.3 Å². The number of carbonyl (C=O) groups excluding carboxylic acids is 1. The summed E-state index contributed by atoms with van der Waals surface area (Å²) >= 11 is 0. The molecule has 164 valence electrons. The maximum absolute atomic E-state index is 12.3. The largest absolute Gasteiger partial charge is 0.449 e. The van der Waals surface area contributed by atoms with Gasteiger partial charge in [0.2, 0.25) is 0 Å². The predicted molar refractivity (Wildman–Crippen MR) is 120 cm³/mol. The number of hydrogen-bond donors (Lipinski definition) is 4. The van der Waals surface area contributed by atoms with Crippen molar-refractivity contribution in [3.05, 3.63) is 95.1 Å². The number of nitrogens with one attached hydrogen (secondary N) is 1. The maximum Gasteiger partial charge on any atom is 0.407 e. The molecule has 7 nitrogen and oxygen atoms in total. The van der Waals surface area contributed by atoms with Gasteiger partial charge >= 0.3 is 6.09 Å². The molecule has 3 aromatic carbocycles. The molecule has 4 N–H and O–H groups in total. The topological polar surface area (TPSA) is 111 Å². The van der Waals surface area contributed by atoms with Crippen molar-refractivity contribution >= 4 is 12.3 Å². The van der Waals surface area contributed by atoms with Crippen molar-refractivity contribution in [2.24, 2.45) is 5.16 Å². The molecular formula is C25H24N2O5. The summed E-state index contributed by atoms with van der Waals surface area (Å²) < 4.78 is 5.44. The molecule has 0 fully saturated rings. The van der Waals surface area contributed by atoms with E-state index in [0.29, 0.717) is 11.1 Å². The van der Waals surface area contributed by atoms with Gasteiger partial charge in [-0.1, -0.05) is 78.0 Å². The van der Waals surface area contributed by atoms with Crippen LogP contribution >= 0.6 is 0 Å². The Kier molecular flexibility index (Phi) is 6.49. The van der Waals surface area contributed by atoms with E-state index in [9.17, 15) is 15.0 Å². The van der Waals surface area contributed by atoms with Gasteiger partial charge in [-0.15, -0.1) is 0 Å². The number of alkyl carbamates (subject to hydrolysis) is 1. The molecule has 0 saturated heterocycles. The summed E-state index contributed by atoms with van der Waals surface area (Å²) in [7, 11) is 0. The highest BCUT2D eigenvalue weighted by molar-refractivity contribution is 5.81. The van der Waals surface area contributed by atoms with Crippen molar-refractivity contribution in [3.63, 3.8) is 0 Å². The normalized spacial score (nSPS) is 14.6. The number of carbonyl (C=O) groups is 1. The molecule has 0 aromatic heterocycles. The fourth-order valence-corrected chi connectivity index (χ4v) is 4.12. The average molecular weight is 432 g/mol. The van der Waals surface area contributed by atoms with Gasteiger partial charge in [-0.2, -0.15) is 0 Å². The third-order valence-electron chi connectivity index (χ3n) is 5.68. The zero-order valence-corrected chi connectivity index (χ0v) is 17.3.